The predicted molar refractivity (Wildman–Crippen MR) is 72.4 cm³/mol. The molecular formula is C13H18N2O4. The van der Waals surface area contributed by atoms with Gasteiger partial charge in [0.2, 0.25) is 0 Å². The second-order valence-electron chi connectivity index (χ2n) is 4.23. The molecule has 0 atom stereocenters. The van der Waals surface area contributed by atoms with E-state index in [1.54, 1.807) is 11.0 Å². The fraction of sp³-hybridized carbons (Fsp3) is 0.462. The lowest BCUT2D eigenvalue weighted by Crippen LogP contribution is -2.31. The molecule has 0 aliphatic carbocycles. The summed E-state index contributed by atoms with van der Waals surface area (Å²) < 4.78 is 4.65. The number of anilines is 1. The van der Waals surface area contributed by atoms with E-state index >= 15 is 0 Å². The van der Waals surface area contributed by atoms with Crippen molar-refractivity contribution in [3.05, 3.63) is 33.9 Å². The molecule has 0 amide bonds. The zero-order valence-electron chi connectivity index (χ0n) is 11.4. The molecule has 0 N–H and O–H groups in total. The number of nitrogens with zero attached hydrogens (tertiary/aromatic N) is 2. The zero-order valence-corrected chi connectivity index (χ0v) is 11.4. The number of nitro benzene ring substituents is 1. The third kappa shape index (κ3) is 3.94. The Morgan fingerprint density at radius 2 is 2.16 bits per heavy atom. The van der Waals surface area contributed by atoms with Crippen molar-refractivity contribution < 1.29 is 14.5 Å². The van der Waals surface area contributed by atoms with E-state index in [-0.39, 0.29) is 18.2 Å². The van der Waals surface area contributed by atoms with Crippen LogP contribution < -0.4 is 4.90 Å². The van der Waals surface area contributed by atoms with Gasteiger partial charge in [-0.25, -0.2) is 0 Å². The summed E-state index contributed by atoms with van der Waals surface area (Å²) in [5.41, 5.74) is 1.61. The molecule has 19 heavy (non-hydrogen) atoms. The first-order chi connectivity index (χ1) is 8.99. The Bertz CT molecular complexity index is 474. The number of esters is 1. The Labute approximate surface area is 112 Å². The average molecular weight is 266 g/mol. The molecule has 0 aliphatic rings. The lowest BCUT2D eigenvalue weighted by atomic mass is 10.1. The minimum atomic E-state index is -0.439. The minimum Gasteiger partial charge on any atom is -0.468 e. The van der Waals surface area contributed by atoms with Crippen LogP contribution in [0.5, 0.6) is 0 Å². The first-order valence-electron chi connectivity index (χ1n) is 6.06. The van der Waals surface area contributed by atoms with Crippen LogP contribution in [0.25, 0.3) is 0 Å². The molecule has 6 nitrogen and oxygen atoms in total. The topological polar surface area (TPSA) is 72.7 Å². The molecule has 1 aromatic carbocycles. The van der Waals surface area contributed by atoms with Gasteiger partial charge in [-0.2, -0.15) is 0 Å². The van der Waals surface area contributed by atoms with Gasteiger partial charge < -0.3 is 9.64 Å². The van der Waals surface area contributed by atoms with Gasteiger partial charge in [0, 0.05) is 24.4 Å². The van der Waals surface area contributed by atoms with E-state index in [4.69, 9.17) is 0 Å². The number of rotatable bonds is 6. The monoisotopic (exact) mass is 266 g/mol. The highest BCUT2D eigenvalue weighted by Gasteiger charge is 2.16. The van der Waals surface area contributed by atoms with Crippen molar-refractivity contribution in [1.82, 2.24) is 0 Å². The van der Waals surface area contributed by atoms with Crippen LogP contribution in [0.2, 0.25) is 0 Å². The molecule has 0 bridgehead atoms. The van der Waals surface area contributed by atoms with Crippen LogP contribution in [0, 0.1) is 17.0 Å². The van der Waals surface area contributed by atoms with E-state index in [1.165, 1.54) is 19.2 Å². The molecule has 104 valence electrons. The van der Waals surface area contributed by atoms with Crippen LogP contribution in [-0.4, -0.2) is 31.1 Å². The maximum atomic E-state index is 11.4. The number of carbonyl (C=O) groups excluding carboxylic acids is 1. The Kier molecular flexibility index (Phi) is 5.29. The molecule has 1 aromatic rings. The van der Waals surface area contributed by atoms with Crippen LogP contribution in [0.15, 0.2) is 18.2 Å². The fourth-order valence-electron chi connectivity index (χ4n) is 1.83. The number of ether oxygens (including phenoxy) is 1. The van der Waals surface area contributed by atoms with Gasteiger partial charge in [-0.15, -0.1) is 0 Å². The summed E-state index contributed by atoms with van der Waals surface area (Å²) in [5.74, 6) is -0.362. The van der Waals surface area contributed by atoms with E-state index in [2.05, 4.69) is 4.74 Å². The fourth-order valence-corrected chi connectivity index (χ4v) is 1.83. The van der Waals surface area contributed by atoms with Crippen LogP contribution in [0.4, 0.5) is 11.4 Å². The number of carbonyl (C=O) groups is 1. The maximum Gasteiger partial charge on any atom is 0.325 e. The van der Waals surface area contributed by atoms with Crippen molar-refractivity contribution in [1.29, 1.82) is 0 Å². The third-order valence-electron chi connectivity index (χ3n) is 2.79. The second-order valence-corrected chi connectivity index (χ2v) is 4.23. The number of hydrogen-bond donors (Lipinski definition) is 0. The van der Waals surface area contributed by atoms with Crippen molar-refractivity contribution in [3.63, 3.8) is 0 Å². The summed E-state index contributed by atoms with van der Waals surface area (Å²) >= 11 is 0. The quantitative estimate of drug-likeness (QED) is 0.448. The summed E-state index contributed by atoms with van der Waals surface area (Å²) in [7, 11) is 1.33. The number of non-ortho nitro benzene ring substituents is 1. The molecule has 0 aliphatic heterocycles. The van der Waals surface area contributed by atoms with E-state index < -0.39 is 4.92 Å². The van der Waals surface area contributed by atoms with Gasteiger partial charge in [0.1, 0.15) is 6.54 Å². The Morgan fingerprint density at radius 1 is 1.47 bits per heavy atom. The predicted octanol–water partition coefficient (Wildman–Crippen LogP) is 2.29. The van der Waals surface area contributed by atoms with E-state index in [0.29, 0.717) is 12.2 Å². The molecule has 0 fully saturated rings. The molecule has 0 aromatic heterocycles. The molecular weight excluding hydrogens is 248 g/mol. The lowest BCUT2D eigenvalue weighted by Gasteiger charge is -2.24. The molecule has 1 rings (SSSR count). The lowest BCUT2D eigenvalue weighted by molar-refractivity contribution is -0.384. The summed E-state index contributed by atoms with van der Waals surface area (Å²) in [6.07, 6.45) is 0.832. The highest BCUT2D eigenvalue weighted by atomic mass is 16.6. The number of hydrogen-bond acceptors (Lipinski definition) is 5. The summed E-state index contributed by atoms with van der Waals surface area (Å²) in [5, 5.41) is 10.8. The van der Waals surface area contributed by atoms with Gasteiger partial charge >= 0.3 is 5.97 Å². The third-order valence-corrected chi connectivity index (χ3v) is 2.79. The van der Waals surface area contributed by atoms with Gasteiger partial charge in [0.15, 0.2) is 0 Å². The van der Waals surface area contributed by atoms with Crippen LogP contribution in [-0.2, 0) is 9.53 Å². The maximum absolute atomic E-state index is 11.4. The molecule has 6 heteroatoms. The minimum absolute atomic E-state index is 0.0200. The SMILES string of the molecule is CCCN(CC(=O)OC)c1cc([N+](=O)[O-])ccc1C. The van der Waals surface area contributed by atoms with Crippen molar-refractivity contribution in [2.24, 2.45) is 0 Å². The molecule has 0 saturated carbocycles. The van der Waals surface area contributed by atoms with E-state index in [0.717, 1.165) is 12.0 Å². The van der Waals surface area contributed by atoms with Crippen LogP contribution >= 0.6 is 0 Å². The normalized spacial score (nSPS) is 10.1. The van der Waals surface area contributed by atoms with Crippen LogP contribution in [0.1, 0.15) is 18.9 Å². The first kappa shape index (κ1) is 14.9. The number of aryl methyl sites for hydroxylation is 1. The van der Waals surface area contributed by atoms with E-state index in [9.17, 15) is 14.9 Å². The Hall–Kier alpha value is -2.11. The van der Waals surface area contributed by atoms with E-state index in [1.807, 2.05) is 13.8 Å². The van der Waals surface area contributed by atoms with Gasteiger partial charge in [0.05, 0.1) is 12.0 Å². The number of benzene rings is 1. The highest BCUT2D eigenvalue weighted by molar-refractivity contribution is 5.76. The molecule has 0 saturated heterocycles. The first-order valence-corrected chi connectivity index (χ1v) is 6.06. The van der Waals surface area contributed by atoms with Crippen molar-refractivity contribution in [2.75, 3.05) is 25.1 Å². The molecule has 0 heterocycles. The van der Waals surface area contributed by atoms with Crippen molar-refractivity contribution in [2.45, 2.75) is 20.3 Å². The summed E-state index contributed by atoms with van der Waals surface area (Å²) in [4.78, 5) is 23.6. The average Bonchev–Trinajstić information content (AvgIpc) is 2.38. The summed E-state index contributed by atoms with van der Waals surface area (Å²) in [6, 6.07) is 4.64. The molecule has 0 unspecified atom stereocenters. The standard InChI is InChI=1S/C13H18N2O4/c1-4-7-14(9-13(16)19-3)12-8-11(15(17)18)6-5-10(12)2/h5-6,8H,4,7,9H2,1-3H3. The molecule has 0 spiro atoms. The van der Waals surface area contributed by atoms with Crippen molar-refractivity contribution >= 4 is 17.3 Å². The highest BCUT2D eigenvalue weighted by Crippen LogP contribution is 2.25. The van der Waals surface area contributed by atoms with Gasteiger partial charge in [-0.05, 0) is 18.9 Å². The Morgan fingerprint density at radius 3 is 2.68 bits per heavy atom. The number of nitro groups is 1. The summed E-state index contributed by atoms with van der Waals surface area (Å²) in [6.45, 7) is 4.57. The van der Waals surface area contributed by atoms with Crippen LogP contribution in [0.3, 0.4) is 0 Å². The Balaban J connectivity index is 3.09. The second kappa shape index (κ2) is 6.72. The molecule has 0 radical (unpaired) electrons. The largest absolute Gasteiger partial charge is 0.468 e. The zero-order chi connectivity index (χ0) is 14.4. The van der Waals surface area contributed by atoms with Crippen molar-refractivity contribution in [3.8, 4) is 0 Å². The smallest absolute Gasteiger partial charge is 0.325 e. The van der Waals surface area contributed by atoms with Gasteiger partial charge in [-0.3, -0.25) is 14.9 Å². The van der Waals surface area contributed by atoms with Gasteiger partial charge in [-0.1, -0.05) is 13.0 Å². The number of methoxy groups -OCH3 is 1. The van der Waals surface area contributed by atoms with Gasteiger partial charge in [0.25, 0.3) is 5.69 Å².